The van der Waals surface area contributed by atoms with Crippen LogP contribution in [0.1, 0.15) is 5.69 Å². The number of hydrogen-bond acceptors (Lipinski definition) is 4. The van der Waals surface area contributed by atoms with Gasteiger partial charge in [0.2, 0.25) is 10.0 Å². The molecule has 0 aliphatic heterocycles. The van der Waals surface area contributed by atoms with E-state index in [4.69, 9.17) is 5.14 Å². The minimum absolute atomic E-state index is 0.0313. The van der Waals surface area contributed by atoms with E-state index in [1.807, 2.05) is 0 Å². The fourth-order valence-electron chi connectivity index (χ4n) is 2.25. The molecule has 25 heavy (non-hydrogen) atoms. The molecule has 0 saturated carbocycles. The maximum absolute atomic E-state index is 13.0. The Labute approximate surface area is 140 Å². The van der Waals surface area contributed by atoms with Gasteiger partial charge in [0.15, 0.2) is 5.69 Å². The highest BCUT2D eigenvalue weighted by Crippen LogP contribution is 2.32. The van der Waals surface area contributed by atoms with E-state index < -0.39 is 21.9 Å². The van der Waals surface area contributed by atoms with Gasteiger partial charge in [-0.15, -0.1) is 0 Å². The third-order valence-corrected chi connectivity index (χ3v) is 4.33. The molecule has 0 radical (unpaired) electrons. The van der Waals surface area contributed by atoms with Crippen LogP contribution in [-0.4, -0.2) is 27.7 Å². The second-order valence-electron chi connectivity index (χ2n) is 5.26. The molecule has 2 N–H and O–H groups in total. The minimum Gasteiger partial charge on any atom is -0.299 e. The normalized spacial score (nSPS) is 12.5. The quantitative estimate of drug-likeness (QED) is 0.761. The van der Waals surface area contributed by atoms with Crippen molar-refractivity contribution in [3.05, 3.63) is 48.5 Å². The molecule has 2 aromatic heterocycles. The smallest absolute Gasteiger partial charge is 0.299 e. The molecular formula is C14H12F3N5O2S. The molecule has 3 rings (SSSR count). The Morgan fingerprint density at radius 2 is 1.76 bits per heavy atom. The number of rotatable bonds is 3. The topological polar surface area (TPSA) is 95.8 Å². The summed E-state index contributed by atoms with van der Waals surface area (Å²) in [7, 11) is -2.27. The van der Waals surface area contributed by atoms with Gasteiger partial charge in [-0.1, -0.05) is 0 Å². The van der Waals surface area contributed by atoms with Gasteiger partial charge >= 0.3 is 6.18 Å². The monoisotopic (exact) mass is 371 g/mol. The SMILES string of the molecule is Cn1cc(-c2nc(C(F)(F)F)cn2-c2ccc(S(N)(=O)=O)cc2)cn1. The number of nitrogens with zero attached hydrogens (tertiary/aromatic N) is 4. The van der Waals surface area contributed by atoms with Gasteiger partial charge in [0.05, 0.1) is 16.7 Å². The largest absolute Gasteiger partial charge is 0.434 e. The lowest BCUT2D eigenvalue weighted by Crippen LogP contribution is -2.12. The number of hydrogen-bond donors (Lipinski definition) is 1. The summed E-state index contributed by atoms with van der Waals surface area (Å²) in [5.74, 6) is 0.0313. The van der Waals surface area contributed by atoms with Crippen molar-refractivity contribution < 1.29 is 21.6 Å². The van der Waals surface area contributed by atoms with Gasteiger partial charge in [-0.05, 0) is 24.3 Å². The molecule has 0 aliphatic rings. The van der Waals surface area contributed by atoms with Crippen LogP contribution in [0.5, 0.6) is 0 Å². The summed E-state index contributed by atoms with van der Waals surface area (Å²) in [5.41, 5.74) is -0.385. The van der Waals surface area contributed by atoms with Crippen molar-refractivity contribution >= 4 is 10.0 Å². The molecule has 0 spiro atoms. The van der Waals surface area contributed by atoms with Crippen LogP contribution in [-0.2, 0) is 23.2 Å². The lowest BCUT2D eigenvalue weighted by Gasteiger charge is -2.07. The number of halogens is 3. The average molecular weight is 371 g/mol. The van der Waals surface area contributed by atoms with E-state index in [-0.39, 0.29) is 10.7 Å². The molecule has 0 aliphatic carbocycles. The minimum atomic E-state index is -4.62. The fraction of sp³-hybridized carbons (Fsp3) is 0.143. The van der Waals surface area contributed by atoms with E-state index in [0.717, 1.165) is 6.20 Å². The number of aryl methyl sites for hydroxylation is 1. The zero-order valence-electron chi connectivity index (χ0n) is 12.8. The molecule has 2 heterocycles. The maximum atomic E-state index is 13.0. The first-order valence-corrected chi connectivity index (χ1v) is 8.39. The van der Waals surface area contributed by atoms with Crippen LogP contribution >= 0.6 is 0 Å². The second kappa shape index (κ2) is 5.70. The molecule has 7 nitrogen and oxygen atoms in total. The second-order valence-corrected chi connectivity index (χ2v) is 6.82. The third-order valence-electron chi connectivity index (χ3n) is 3.40. The Morgan fingerprint density at radius 1 is 1.12 bits per heavy atom. The molecule has 0 atom stereocenters. The van der Waals surface area contributed by atoms with Crippen molar-refractivity contribution in [3.8, 4) is 17.1 Å². The summed E-state index contributed by atoms with van der Waals surface area (Å²) < 4.78 is 64.4. The first-order valence-electron chi connectivity index (χ1n) is 6.84. The standard InChI is InChI=1S/C14H12F3N5O2S/c1-21-7-9(6-19-21)13-20-12(14(15,16)17)8-22(13)10-2-4-11(5-3-10)25(18,23)24/h2-8H,1H3,(H2,18,23,24). The molecule has 0 fully saturated rings. The van der Waals surface area contributed by atoms with Crippen molar-refractivity contribution in [3.63, 3.8) is 0 Å². The third kappa shape index (κ3) is 3.42. The highest BCUT2D eigenvalue weighted by atomic mass is 32.2. The van der Waals surface area contributed by atoms with E-state index in [1.165, 1.54) is 45.9 Å². The van der Waals surface area contributed by atoms with E-state index in [2.05, 4.69) is 10.1 Å². The van der Waals surface area contributed by atoms with Crippen LogP contribution in [0.3, 0.4) is 0 Å². The van der Waals surface area contributed by atoms with Gasteiger partial charge in [-0.3, -0.25) is 9.25 Å². The van der Waals surface area contributed by atoms with Crippen molar-refractivity contribution in [1.82, 2.24) is 19.3 Å². The van der Waals surface area contributed by atoms with Gasteiger partial charge in [0.25, 0.3) is 0 Å². The summed E-state index contributed by atoms with van der Waals surface area (Å²) >= 11 is 0. The lowest BCUT2D eigenvalue weighted by molar-refractivity contribution is -0.140. The summed E-state index contributed by atoms with van der Waals surface area (Å²) in [5, 5.41) is 8.96. The van der Waals surface area contributed by atoms with Crippen LogP contribution in [0.15, 0.2) is 47.8 Å². The first-order chi connectivity index (χ1) is 11.6. The molecule has 0 saturated heterocycles. The number of benzene rings is 1. The number of sulfonamides is 1. The number of aromatic nitrogens is 4. The Balaban J connectivity index is 2.16. The number of imidazole rings is 1. The van der Waals surface area contributed by atoms with Gasteiger partial charge in [-0.2, -0.15) is 18.3 Å². The Kier molecular flexibility index (Phi) is 3.92. The number of nitrogens with two attached hydrogens (primary N) is 1. The first kappa shape index (κ1) is 17.2. The molecule has 0 unspecified atom stereocenters. The highest BCUT2D eigenvalue weighted by Gasteiger charge is 2.35. The van der Waals surface area contributed by atoms with Crippen molar-refractivity contribution in [2.45, 2.75) is 11.1 Å². The summed E-state index contributed by atoms with van der Waals surface area (Å²) in [6.07, 6.45) is -0.869. The zero-order chi connectivity index (χ0) is 18.4. The van der Waals surface area contributed by atoms with Crippen LogP contribution in [0.2, 0.25) is 0 Å². The van der Waals surface area contributed by atoms with E-state index in [1.54, 1.807) is 7.05 Å². The predicted octanol–water partition coefficient (Wildman–Crippen LogP) is 1.94. The van der Waals surface area contributed by atoms with Crippen LogP contribution < -0.4 is 5.14 Å². The zero-order valence-corrected chi connectivity index (χ0v) is 13.6. The van der Waals surface area contributed by atoms with Gasteiger partial charge in [0.1, 0.15) is 5.82 Å². The Morgan fingerprint density at radius 3 is 2.24 bits per heavy atom. The molecule has 3 aromatic rings. The van der Waals surface area contributed by atoms with Crippen LogP contribution in [0.25, 0.3) is 17.1 Å². The van der Waals surface area contributed by atoms with Crippen LogP contribution in [0, 0.1) is 0 Å². The number of alkyl halides is 3. The molecule has 132 valence electrons. The average Bonchev–Trinajstić information content (AvgIpc) is 3.12. The molecule has 1 aromatic carbocycles. The van der Waals surface area contributed by atoms with Crippen LogP contribution in [0.4, 0.5) is 13.2 Å². The summed E-state index contributed by atoms with van der Waals surface area (Å²) in [6.45, 7) is 0. The van der Waals surface area contributed by atoms with E-state index in [0.29, 0.717) is 11.3 Å². The highest BCUT2D eigenvalue weighted by molar-refractivity contribution is 7.89. The van der Waals surface area contributed by atoms with Gasteiger partial charge in [0, 0.05) is 25.1 Å². The van der Waals surface area contributed by atoms with Crippen molar-refractivity contribution in [2.24, 2.45) is 12.2 Å². The molecular weight excluding hydrogens is 359 g/mol. The fourth-order valence-corrected chi connectivity index (χ4v) is 2.77. The Hall–Kier alpha value is -2.66. The Bertz CT molecular complexity index is 1020. The van der Waals surface area contributed by atoms with E-state index in [9.17, 15) is 21.6 Å². The molecule has 0 amide bonds. The molecule has 0 bridgehead atoms. The maximum Gasteiger partial charge on any atom is 0.434 e. The number of primary sulfonamides is 1. The van der Waals surface area contributed by atoms with Crippen molar-refractivity contribution in [2.75, 3.05) is 0 Å². The lowest BCUT2D eigenvalue weighted by atomic mass is 10.3. The summed E-state index contributed by atoms with van der Waals surface area (Å²) in [4.78, 5) is 3.51. The predicted molar refractivity (Wildman–Crippen MR) is 82.1 cm³/mol. The van der Waals surface area contributed by atoms with Gasteiger partial charge < -0.3 is 0 Å². The summed E-state index contributed by atoms with van der Waals surface area (Å²) in [6, 6.07) is 5.12. The molecule has 11 heteroatoms. The van der Waals surface area contributed by atoms with E-state index >= 15 is 0 Å². The van der Waals surface area contributed by atoms with Crippen molar-refractivity contribution in [1.29, 1.82) is 0 Å². The van der Waals surface area contributed by atoms with Gasteiger partial charge in [-0.25, -0.2) is 18.5 Å².